The second kappa shape index (κ2) is 9.83. The van der Waals surface area contributed by atoms with Crippen molar-refractivity contribution in [2.45, 2.75) is 39.3 Å². The predicted molar refractivity (Wildman–Crippen MR) is 118 cm³/mol. The van der Waals surface area contributed by atoms with Crippen molar-refractivity contribution >= 4 is 17.2 Å². The first-order chi connectivity index (χ1) is 14.2. The summed E-state index contributed by atoms with van der Waals surface area (Å²) >= 11 is 1.72. The van der Waals surface area contributed by atoms with Crippen LogP contribution in [0.4, 0.5) is 0 Å². The number of benzene rings is 1. The fraction of sp³-hybridized carbons (Fsp3) is 0.565. The van der Waals surface area contributed by atoms with E-state index in [-0.39, 0.29) is 5.92 Å². The molecule has 0 atom stereocenters. The third-order valence-electron chi connectivity index (χ3n) is 6.14. The van der Waals surface area contributed by atoms with Gasteiger partial charge in [-0.15, -0.1) is 11.3 Å². The molecule has 3 heterocycles. The third-order valence-corrected chi connectivity index (χ3v) is 6.96. The van der Waals surface area contributed by atoms with Crippen LogP contribution in [0.3, 0.4) is 0 Å². The highest BCUT2D eigenvalue weighted by atomic mass is 32.1. The summed E-state index contributed by atoms with van der Waals surface area (Å²) in [6.07, 6.45) is 3.03. The van der Waals surface area contributed by atoms with Gasteiger partial charge in [0.2, 0.25) is 5.91 Å². The van der Waals surface area contributed by atoms with Crippen LogP contribution in [0.15, 0.2) is 35.7 Å². The summed E-state index contributed by atoms with van der Waals surface area (Å²) in [4.78, 5) is 24.8. The Kier molecular flexibility index (Phi) is 6.95. The molecule has 0 saturated carbocycles. The molecular weight excluding hydrogens is 380 g/mol. The zero-order chi connectivity index (χ0) is 20.1. The molecule has 6 heteroatoms. The van der Waals surface area contributed by atoms with Crippen LogP contribution < -0.4 is 0 Å². The van der Waals surface area contributed by atoms with Crippen LogP contribution in [-0.2, 0) is 17.9 Å². The minimum atomic E-state index is 0.198. The highest BCUT2D eigenvalue weighted by Gasteiger charge is 2.29. The van der Waals surface area contributed by atoms with Gasteiger partial charge >= 0.3 is 0 Å². The Balaban J connectivity index is 1.23. The van der Waals surface area contributed by atoms with Crippen LogP contribution in [0.5, 0.6) is 0 Å². The van der Waals surface area contributed by atoms with Crippen molar-refractivity contribution in [2.75, 3.05) is 39.3 Å². The van der Waals surface area contributed by atoms with Crippen LogP contribution in [-0.4, -0.2) is 64.9 Å². The standard InChI is InChI=1S/C23H32N4OS/c1-19-24-22(18-29-19)17-26-12-8-21(9-13-26)23(28)27-11-5-10-25(14-15-27)16-20-6-3-2-4-7-20/h2-4,6-7,18,21H,5,8-17H2,1H3. The molecule has 4 rings (SSSR count). The summed E-state index contributed by atoms with van der Waals surface area (Å²) < 4.78 is 0. The van der Waals surface area contributed by atoms with Gasteiger partial charge in [0.05, 0.1) is 10.7 Å². The van der Waals surface area contributed by atoms with E-state index in [0.717, 1.165) is 76.6 Å². The smallest absolute Gasteiger partial charge is 0.225 e. The molecule has 5 nitrogen and oxygen atoms in total. The maximum Gasteiger partial charge on any atom is 0.225 e. The first kappa shape index (κ1) is 20.5. The maximum atomic E-state index is 13.1. The van der Waals surface area contributed by atoms with Crippen molar-refractivity contribution in [2.24, 2.45) is 5.92 Å². The Morgan fingerprint density at radius 3 is 2.48 bits per heavy atom. The van der Waals surface area contributed by atoms with Gasteiger partial charge in [0, 0.05) is 50.6 Å². The van der Waals surface area contributed by atoms with Gasteiger partial charge in [-0.3, -0.25) is 14.6 Å². The number of carbonyl (C=O) groups excluding carboxylic acids is 1. The lowest BCUT2D eigenvalue weighted by atomic mass is 9.95. The second-order valence-corrected chi connectivity index (χ2v) is 9.41. The Labute approximate surface area is 178 Å². The molecule has 2 aliphatic heterocycles. The molecule has 0 unspecified atom stereocenters. The first-order valence-electron chi connectivity index (χ1n) is 10.9. The van der Waals surface area contributed by atoms with Gasteiger partial charge in [0.25, 0.3) is 0 Å². The van der Waals surface area contributed by atoms with E-state index in [1.165, 1.54) is 11.3 Å². The topological polar surface area (TPSA) is 39.7 Å². The average molecular weight is 413 g/mol. The first-order valence-corrected chi connectivity index (χ1v) is 11.7. The van der Waals surface area contributed by atoms with E-state index >= 15 is 0 Å². The van der Waals surface area contributed by atoms with E-state index in [1.807, 2.05) is 0 Å². The highest BCUT2D eigenvalue weighted by Crippen LogP contribution is 2.22. The highest BCUT2D eigenvalue weighted by molar-refractivity contribution is 7.09. The number of amides is 1. The molecule has 0 bridgehead atoms. The Morgan fingerprint density at radius 1 is 1.00 bits per heavy atom. The van der Waals surface area contributed by atoms with E-state index in [1.54, 1.807) is 11.3 Å². The Bertz CT molecular complexity index is 785. The number of aromatic nitrogens is 1. The normalized spacial score (nSPS) is 20.0. The molecule has 0 aliphatic carbocycles. The average Bonchev–Trinajstić information content (AvgIpc) is 3.01. The van der Waals surface area contributed by atoms with Gasteiger partial charge in [-0.05, 0) is 44.8 Å². The third kappa shape index (κ3) is 5.65. The van der Waals surface area contributed by atoms with Gasteiger partial charge in [0.15, 0.2) is 0 Å². The van der Waals surface area contributed by atoms with Gasteiger partial charge in [-0.1, -0.05) is 30.3 Å². The largest absolute Gasteiger partial charge is 0.341 e. The zero-order valence-electron chi connectivity index (χ0n) is 17.4. The molecule has 2 fully saturated rings. The van der Waals surface area contributed by atoms with Crippen molar-refractivity contribution in [1.82, 2.24) is 19.7 Å². The molecule has 156 valence electrons. The zero-order valence-corrected chi connectivity index (χ0v) is 18.2. The van der Waals surface area contributed by atoms with E-state index in [0.29, 0.717) is 5.91 Å². The molecule has 2 aliphatic rings. The molecule has 0 N–H and O–H groups in total. The van der Waals surface area contributed by atoms with Crippen LogP contribution in [0.2, 0.25) is 0 Å². The molecule has 0 radical (unpaired) electrons. The lowest BCUT2D eigenvalue weighted by Crippen LogP contribution is -2.43. The number of rotatable bonds is 5. The number of aryl methyl sites for hydroxylation is 1. The molecular formula is C23H32N4OS. The molecule has 29 heavy (non-hydrogen) atoms. The van der Waals surface area contributed by atoms with Crippen LogP contribution in [0.25, 0.3) is 0 Å². The van der Waals surface area contributed by atoms with Gasteiger partial charge in [-0.25, -0.2) is 4.98 Å². The Hall–Kier alpha value is -1.76. The predicted octanol–water partition coefficient (Wildman–Crippen LogP) is 3.40. The molecule has 1 aromatic carbocycles. The molecule has 2 saturated heterocycles. The van der Waals surface area contributed by atoms with E-state index in [9.17, 15) is 4.79 Å². The van der Waals surface area contributed by atoms with E-state index in [4.69, 9.17) is 0 Å². The molecule has 0 spiro atoms. The number of thiazole rings is 1. The summed E-state index contributed by atoms with van der Waals surface area (Å²) in [5.74, 6) is 0.583. The number of hydrogen-bond acceptors (Lipinski definition) is 5. The molecule has 2 aromatic rings. The van der Waals surface area contributed by atoms with Crippen molar-refractivity contribution in [3.8, 4) is 0 Å². The summed E-state index contributed by atoms with van der Waals surface area (Å²) in [7, 11) is 0. The van der Waals surface area contributed by atoms with Crippen LogP contribution in [0.1, 0.15) is 35.5 Å². The SMILES string of the molecule is Cc1nc(CN2CCC(C(=O)N3CCCN(Cc4ccccc4)CC3)CC2)cs1. The molecule has 1 amide bonds. The summed E-state index contributed by atoms with van der Waals surface area (Å²) in [6.45, 7) is 9.78. The van der Waals surface area contributed by atoms with Crippen molar-refractivity contribution in [3.05, 3.63) is 52.0 Å². The van der Waals surface area contributed by atoms with Crippen molar-refractivity contribution in [3.63, 3.8) is 0 Å². The maximum absolute atomic E-state index is 13.1. The fourth-order valence-electron chi connectivity index (χ4n) is 4.50. The minimum Gasteiger partial charge on any atom is -0.341 e. The number of carbonyl (C=O) groups is 1. The van der Waals surface area contributed by atoms with Crippen molar-refractivity contribution < 1.29 is 4.79 Å². The van der Waals surface area contributed by atoms with E-state index in [2.05, 4.69) is 62.3 Å². The lowest BCUT2D eigenvalue weighted by Gasteiger charge is -2.33. The van der Waals surface area contributed by atoms with Crippen LogP contribution >= 0.6 is 11.3 Å². The number of likely N-dealkylation sites (tertiary alicyclic amines) is 1. The lowest BCUT2D eigenvalue weighted by molar-refractivity contribution is -0.137. The quantitative estimate of drug-likeness (QED) is 0.755. The monoisotopic (exact) mass is 412 g/mol. The van der Waals surface area contributed by atoms with Gasteiger partial charge in [0.1, 0.15) is 0 Å². The summed E-state index contributed by atoms with van der Waals surface area (Å²) in [5, 5.41) is 3.29. The fourth-order valence-corrected chi connectivity index (χ4v) is 5.10. The van der Waals surface area contributed by atoms with Gasteiger partial charge < -0.3 is 4.90 Å². The summed E-state index contributed by atoms with van der Waals surface area (Å²) in [6, 6.07) is 10.6. The number of piperidine rings is 1. The number of nitrogens with zero attached hydrogens (tertiary/aromatic N) is 4. The van der Waals surface area contributed by atoms with Crippen LogP contribution in [0, 0.1) is 12.8 Å². The summed E-state index contributed by atoms with van der Waals surface area (Å²) in [5.41, 5.74) is 2.53. The van der Waals surface area contributed by atoms with Gasteiger partial charge in [-0.2, -0.15) is 0 Å². The second-order valence-electron chi connectivity index (χ2n) is 8.35. The van der Waals surface area contributed by atoms with E-state index < -0.39 is 0 Å². The van der Waals surface area contributed by atoms with Crippen molar-refractivity contribution in [1.29, 1.82) is 0 Å². The number of hydrogen-bond donors (Lipinski definition) is 0. The minimum absolute atomic E-state index is 0.198. The Morgan fingerprint density at radius 2 is 1.76 bits per heavy atom. The molecule has 1 aromatic heterocycles.